The van der Waals surface area contributed by atoms with Crippen LogP contribution in [0.2, 0.25) is 0 Å². The summed E-state index contributed by atoms with van der Waals surface area (Å²) in [4.78, 5) is 0. The summed E-state index contributed by atoms with van der Waals surface area (Å²) in [6.07, 6.45) is 1.94. The van der Waals surface area contributed by atoms with E-state index in [1.165, 1.54) is 16.8 Å². The summed E-state index contributed by atoms with van der Waals surface area (Å²) in [5.41, 5.74) is 3.79. The highest BCUT2D eigenvalue weighted by atomic mass is 14.9. The first kappa shape index (κ1) is 10.8. The molecule has 0 aliphatic rings. The van der Waals surface area contributed by atoms with Gasteiger partial charge in [0, 0.05) is 17.8 Å². The number of nitrogens with one attached hydrogen (secondary N) is 1. The van der Waals surface area contributed by atoms with Crippen molar-refractivity contribution in [3.63, 3.8) is 0 Å². The molecular formula is C13H19N. The number of rotatable bonds is 4. The zero-order chi connectivity index (χ0) is 10.6. The van der Waals surface area contributed by atoms with Gasteiger partial charge in [0.1, 0.15) is 0 Å². The molecule has 1 N–H and O–H groups in total. The third-order valence-electron chi connectivity index (χ3n) is 2.33. The third kappa shape index (κ3) is 2.16. The lowest BCUT2D eigenvalue weighted by Crippen LogP contribution is -2.01. The van der Waals surface area contributed by atoms with Gasteiger partial charge in [-0.2, -0.15) is 0 Å². The van der Waals surface area contributed by atoms with Crippen LogP contribution in [0.1, 0.15) is 37.8 Å². The molecule has 1 aromatic carbocycles. The van der Waals surface area contributed by atoms with E-state index in [1.54, 1.807) is 0 Å². The van der Waals surface area contributed by atoms with Gasteiger partial charge in [-0.05, 0) is 24.5 Å². The van der Waals surface area contributed by atoms with E-state index in [4.69, 9.17) is 0 Å². The Morgan fingerprint density at radius 3 is 2.64 bits per heavy atom. The highest BCUT2D eigenvalue weighted by molar-refractivity contribution is 5.69. The number of hydrogen-bond donors (Lipinski definition) is 1. The minimum Gasteiger partial charge on any atom is -0.385 e. The van der Waals surface area contributed by atoms with Gasteiger partial charge in [-0.15, -0.1) is 0 Å². The molecule has 0 atom stereocenters. The van der Waals surface area contributed by atoms with Crippen molar-refractivity contribution in [2.45, 2.75) is 26.7 Å². The summed E-state index contributed by atoms with van der Waals surface area (Å²) < 4.78 is 0. The van der Waals surface area contributed by atoms with Gasteiger partial charge in [0.05, 0.1) is 0 Å². The molecule has 0 fully saturated rings. The molecule has 0 aliphatic carbocycles. The molecule has 1 aromatic rings. The van der Waals surface area contributed by atoms with Crippen molar-refractivity contribution in [2.75, 3.05) is 11.9 Å². The summed E-state index contributed by atoms with van der Waals surface area (Å²) in [7, 11) is 0. The molecule has 0 unspecified atom stereocenters. The Morgan fingerprint density at radius 2 is 2.14 bits per heavy atom. The molecule has 1 nitrogen and oxygen atoms in total. The Labute approximate surface area is 86.8 Å². The lowest BCUT2D eigenvalue weighted by molar-refractivity contribution is 0.864. The van der Waals surface area contributed by atoms with Crippen LogP contribution in [0.4, 0.5) is 5.69 Å². The minimum atomic E-state index is 0.543. The van der Waals surface area contributed by atoms with Crippen LogP contribution in [0, 0.1) is 0 Å². The summed E-state index contributed by atoms with van der Waals surface area (Å²) in [5, 5.41) is 3.35. The molecular weight excluding hydrogens is 170 g/mol. The van der Waals surface area contributed by atoms with Gasteiger partial charge in [-0.25, -0.2) is 0 Å². The second kappa shape index (κ2) is 4.85. The first-order valence-corrected chi connectivity index (χ1v) is 5.19. The predicted molar refractivity (Wildman–Crippen MR) is 64.8 cm³/mol. The van der Waals surface area contributed by atoms with Crippen molar-refractivity contribution in [1.29, 1.82) is 0 Å². The maximum atomic E-state index is 3.88. The first-order chi connectivity index (χ1) is 6.70. The minimum absolute atomic E-state index is 0.543. The van der Waals surface area contributed by atoms with Crippen LogP contribution in [-0.2, 0) is 0 Å². The standard InChI is InChI=1S/C13H19N/c1-5-11-12(10(3)4)8-7-9-13(11)14-6-2/h5,7-10,14H,1,6H2,2-4H3. The van der Waals surface area contributed by atoms with E-state index < -0.39 is 0 Å². The lowest BCUT2D eigenvalue weighted by atomic mass is 9.96. The molecule has 0 saturated heterocycles. The topological polar surface area (TPSA) is 12.0 Å². The Balaban J connectivity index is 3.17. The van der Waals surface area contributed by atoms with Crippen molar-refractivity contribution in [3.05, 3.63) is 35.9 Å². The highest BCUT2D eigenvalue weighted by Gasteiger charge is 2.07. The summed E-state index contributed by atoms with van der Waals surface area (Å²) in [5.74, 6) is 0.543. The Bertz CT molecular complexity index is 313. The van der Waals surface area contributed by atoms with Crippen LogP contribution >= 0.6 is 0 Å². The molecule has 14 heavy (non-hydrogen) atoms. The van der Waals surface area contributed by atoms with Crippen molar-refractivity contribution < 1.29 is 0 Å². The SMILES string of the molecule is C=Cc1c(NCC)cccc1C(C)C. The number of anilines is 1. The molecule has 0 amide bonds. The van der Waals surface area contributed by atoms with Gasteiger partial charge < -0.3 is 5.32 Å². The molecule has 0 saturated carbocycles. The van der Waals surface area contributed by atoms with Crippen molar-refractivity contribution in [2.24, 2.45) is 0 Å². The number of hydrogen-bond acceptors (Lipinski definition) is 1. The molecule has 0 radical (unpaired) electrons. The van der Waals surface area contributed by atoms with Gasteiger partial charge in [0.25, 0.3) is 0 Å². The molecule has 1 rings (SSSR count). The second-order valence-corrected chi connectivity index (χ2v) is 3.70. The average Bonchev–Trinajstić information content (AvgIpc) is 2.18. The molecule has 0 spiro atoms. The summed E-state index contributed by atoms with van der Waals surface area (Å²) >= 11 is 0. The first-order valence-electron chi connectivity index (χ1n) is 5.19. The van der Waals surface area contributed by atoms with Crippen LogP contribution in [0.5, 0.6) is 0 Å². The fourth-order valence-corrected chi connectivity index (χ4v) is 1.66. The van der Waals surface area contributed by atoms with Crippen LogP contribution < -0.4 is 5.32 Å². The summed E-state index contributed by atoms with van der Waals surface area (Å²) in [6, 6.07) is 6.37. The Morgan fingerprint density at radius 1 is 1.43 bits per heavy atom. The molecule has 76 valence electrons. The Hall–Kier alpha value is -1.24. The monoisotopic (exact) mass is 189 g/mol. The fourth-order valence-electron chi connectivity index (χ4n) is 1.66. The zero-order valence-corrected chi connectivity index (χ0v) is 9.30. The molecule has 0 heterocycles. The van der Waals surface area contributed by atoms with Gasteiger partial charge in [0.2, 0.25) is 0 Å². The maximum absolute atomic E-state index is 3.88. The molecule has 0 bridgehead atoms. The van der Waals surface area contributed by atoms with Crippen LogP contribution in [-0.4, -0.2) is 6.54 Å². The fraction of sp³-hybridized carbons (Fsp3) is 0.385. The largest absolute Gasteiger partial charge is 0.385 e. The van der Waals surface area contributed by atoms with Gasteiger partial charge in [-0.1, -0.05) is 38.6 Å². The van der Waals surface area contributed by atoms with Crippen molar-refractivity contribution >= 4 is 11.8 Å². The third-order valence-corrected chi connectivity index (χ3v) is 2.33. The van der Waals surface area contributed by atoms with E-state index in [0.717, 1.165) is 6.54 Å². The summed E-state index contributed by atoms with van der Waals surface area (Å²) in [6.45, 7) is 11.3. The lowest BCUT2D eigenvalue weighted by Gasteiger charge is -2.14. The van der Waals surface area contributed by atoms with Crippen molar-refractivity contribution in [3.8, 4) is 0 Å². The molecule has 1 heteroatoms. The predicted octanol–water partition coefficient (Wildman–Crippen LogP) is 3.88. The van der Waals surface area contributed by atoms with Crippen LogP contribution in [0.3, 0.4) is 0 Å². The van der Waals surface area contributed by atoms with Crippen LogP contribution in [0.25, 0.3) is 6.08 Å². The van der Waals surface area contributed by atoms with Gasteiger partial charge in [-0.3, -0.25) is 0 Å². The normalized spacial score (nSPS) is 10.3. The van der Waals surface area contributed by atoms with E-state index in [0.29, 0.717) is 5.92 Å². The average molecular weight is 189 g/mol. The van der Waals surface area contributed by atoms with E-state index in [9.17, 15) is 0 Å². The van der Waals surface area contributed by atoms with E-state index in [1.807, 2.05) is 6.08 Å². The maximum Gasteiger partial charge on any atom is 0.0416 e. The van der Waals surface area contributed by atoms with Crippen LogP contribution in [0.15, 0.2) is 24.8 Å². The highest BCUT2D eigenvalue weighted by Crippen LogP contribution is 2.26. The van der Waals surface area contributed by atoms with E-state index in [-0.39, 0.29) is 0 Å². The van der Waals surface area contributed by atoms with Gasteiger partial charge in [0.15, 0.2) is 0 Å². The van der Waals surface area contributed by atoms with Crippen molar-refractivity contribution in [1.82, 2.24) is 0 Å². The quantitative estimate of drug-likeness (QED) is 0.757. The Kier molecular flexibility index (Phi) is 3.75. The smallest absolute Gasteiger partial charge is 0.0416 e. The number of benzene rings is 1. The van der Waals surface area contributed by atoms with E-state index in [2.05, 4.69) is 50.9 Å². The van der Waals surface area contributed by atoms with E-state index >= 15 is 0 Å². The zero-order valence-electron chi connectivity index (χ0n) is 9.30. The second-order valence-electron chi connectivity index (χ2n) is 3.70. The molecule has 0 aliphatic heterocycles. The van der Waals surface area contributed by atoms with Gasteiger partial charge >= 0.3 is 0 Å². The molecule has 0 aromatic heterocycles.